The van der Waals surface area contributed by atoms with E-state index in [0.717, 1.165) is 11.3 Å². The van der Waals surface area contributed by atoms with Crippen molar-refractivity contribution in [1.82, 2.24) is 14.8 Å². The van der Waals surface area contributed by atoms with Crippen LogP contribution >= 0.6 is 0 Å². The molecule has 0 spiro atoms. The molecule has 0 aliphatic heterocycles. The first kappa shape index (κ1) is 10.4. The van der Waals surface area contributed by atoms with Crippen LogP contribution < -0.4 is 4.74 Å². The van der Waals surface area contributed by atoms with Gasteiger partial charge in [-0.3, -0.25) is 4.79 Å². The molecule has 0 saturated carbocycles. The second-order valence-electron chi connectivity index (χ2n) is 3.33. The number of carbonyl (C=O) groups is 1. The molecule has 0 aliphatic carbocycles. The van der Waals surface area contributed by atoms with E-state index in [1.165, 1.54) is 7.11 Å². The normalized spacial score (nSPS) is 10.1. The van der Waals surface area contributed by atoms with E-state index in [1.54, 1.807) is 4.57 Å². The highest BCUT2D eigenvalue weighted by molar-refractivity contribution is 5.71. The summed E-state index contributed by atoms with van der Waals surface area (Å²) >= 11 is 0. The van der Waals surface area contributed by atoms with Gasteiger partial charge in [-0.15, -0.1) is 5.10 Å². The molecular weight excluding hydrogens is 206 g/mol. The summed E-state index contributed by atoms with van der Waals surface area (Å²) in [6.45, 7) is 1.99. The Morgan fingerprint density at radius 3 is 2.50 bits per heavy atom. The van der Waals surface area contributed by atoms with Gasteiger partial charge in [-0.2, -0.15) is 0 Å². The topological polar surface area (TPSA) is 57.0 Å². The van der Waals surface area contributed by atoms with Crippen LogP contribution in [0.3, 0.4) is 0 Å². The number of rotatable bonds is 3. The van der Waals surface area contributed by atoms with Gasteiger partial charge in [0.2, 0.25) is 5.82 Å². The largest absolute Gasteiger partial charge is 0.467 e. The molecule has 0 bridgehead atoms. The first-order valence-electron chi connectivity index (χ1n) is 4.78. The van der Waals surface area contributed by atoms with Gasteiger partial charge < -0.3 is 4.74 Å². The summed E-state index contributed by atoms with van der Waals surface area (Å²) in [7, 11) is 1.49. The number of aromatic nitrogens is 3. The van der Waals surface area contributed by atoms with Crippen LogP contribution in [0.15, 0.2) is 24.3 Å². The zero-order valence-electron chi connectivity index (χ0n) is 9.04. The standard InChI is InChI=1S/C11H11N3O2/c1-8-3-5-9(6-4-8)14-10(7-15)12-13-11(14)16-2/h3-7H,1-2H3. The van der Waals surface area contributed by atoms with Crippen molar-refractivity contribution in [2.45, 2.75) is 6.92 Å². The monoisotopic (exact) mass is 217 g/mol. The van der Waals surface area contributed by atoms with Crippen molar-refractivity contribution in [2.75, 3.05) is 7.11 Å². The van der Waals surface area contributed by atoms with E-state index in [4.69, 9.17) is 4.74 Å². The zero-order valence-corrected chi connectivity index (χ0v) is 9.04. The molecule has 2 rings (SSSR count). The predicted octanol–water partition coefficient (Wildman–Crippen LogP) is 1.40. The van der Waals surface area contributed by atoms with Crippen LogP contribution in [-0.2, 0) is 0 Å². The molecule has 0 radical (unpaired) electrons. The van der Waals surface area contributed by atoms with Crippen molar-refractivity contribution in [3.8, 4) is 11.7 Å². The van der Waals surface area contributed by atoms with Gasteiger partial charge in [0.25, 0.3) is 0 Å². The number of carbonyl (C=O) groups excluding carboxylic acids is 1. The third kappa shape index (κ3) is 1.67. The molecule has 5 heteroatoms. The number of aryl methyl sites for hydroxylation is 1. The van der Waals surface area contributed by atoms with Crippen LogP contribution in [0.5, 0.6) is 6.01 Å². The zero-order chi connectivity index (χ0) is 11.5. The Morgan fingerprint density at radius 2 is 1.94 bits per heavy atom. The number of methoxy groups -OCH3 is 1. The van der Waals surface area contributed by atoms with Crippen molar-refractivity contribution in [3.05, 3.63) is 35.7 Å². The molecule has 82 valence electrons. The highest BCUT2D eigenvalue weighted by atomic mass is 16.5. The van der Waals surface area contributed by atoms with Gasteiger partial charge in [-0.05, 0) is 19.1 Å². The highest BCUT2D eigenvalue weighted by Gasteiger charge is 2.12. The molecule has 1 aromatic carbocycles. The van der Waals surface area contributed by atoms with Gasteiger partial charge in [0.15, 0.2) is 6.29 Å². The molecule has 2 aromatic rings. The average molecular weight is 217 g/mol. The maximum absolute atomic E-state index is 10.8. The fourth-order valence-corrected chi connectivity index (χ4v) is 1.43. The lowest BCUT2D eigenvalue weighted by molar-refractivity contribution is 0.111. The Balaban J connectivity index is 2.57. The first-order chi connectivity index (χ1) is 7.76. The van der Waals surface area contributed by atoms with Gasteiger partial charge in [-0.25, -0.2) is 4.57 Å². The molecule has 0 fully saturated rings. The van der Waals surface area contributed by atoms with Crippen LogP contribution in [0, 0.1) is 6.92 Å². The molecule has 0 saturated heterocycles. The summed E-state index contributed by atoms with van der Waals surface area (Å²) in [5, 5.41) is 7.49. The molecule has 1 aromatic heterocycles. The summed E-state index contributed by atoms with van der Waals surface area (Å²) in [6.07, 6.45) is 0.648. The Bertz CT molecular complexity index is 502. The van der Waals surface area contributed by atoms with Crippen LogP contribution in [0.1, 0.15) is 16.2 Å². The maximum Gasteiger partial charge on any atom is 0.321 e. The minimum Gasteiger partial charge on any atom is -0.467 e. The maximum atomic E-state index is 10.8. The minimum absolute atomic E-state index is 0.223. The van der Waals surface area contributed by atoms with Crippen molar-refractivity contribution >= 4 is 6.29 Å². The summed E-state index contributed by atoms with van der Waals surface area (Å²) in [4.78, 5) is 10.8. The van der Waals surface area contributed by atoms with Crippen molar-refractivity contribution in [2.24, 2.45) is 0 Å². The van der Waals surface area contributed by atoms with Gasteiger partial charge in [-0.1, -0.05) is 22.8 Å². The summed E-state index contributed by atoms with van der Waals surface area (Å²) in [5.74, 6) is 0.223. The van der Waals surface area contributed by atoms with Gasteiger partial charge in [0, 0.05) is 0 Å². The molecule has 0 atom stereocenters. The Kier molecular flexibility index (Phi) is 2.68. The number of nitrogens with zero attached hydrogens (tertiary/aromatic N) is 3. The van der Waals surface area contributed by atoms with Crippen molar-refractivity contribution in [1.29, 1.82) is 0 Å². The summed E-state index contributed by atoms with van der Waals surface area (Å²) in [6, 6.07) is 7.96. The third-order valence-corrected chi connectivity index (χ3v) is 2.24. The van der Waals surface area contributed by atoms with E-state index in [1.807, 2.05) is 31.2 Å². The molecule has 0 aliphatic rings. The van der Waals surface area contributed by atoms with Crippen LogP contribution in [0.2, 0.25) is 0 Å². The molecule has 0 N–H and O–H groups in total. The fourth-order valence-electron chi connectivity index (χ4n) is 1.43. The van der Waals surface area contributed by atoms with Crippen LogP contribution in [-0.4, -0.2) is 28.2 Å². The number of benzene rings is 1. The number of hydrogen-bond donors (Lipinski definition) is 0. The van der Waals surface area contributed by atoms with Gasteiger partial charge >= 0.3 is 6.01 Å². The number of hydrogen-bond acceptors (Lipinski definition) is 4. The van der Waals surface area contributed by atoms with E-state index in [2.05, 4.69) is 10.2 Å². The lowest BCUT2D eigenvalue weighted by atomic mass is 10.2. The van der Waals surface area contributed by atoms with E-state index in [9.17, 15) is 4.79 Å². The summed E-state index contributed by atoms with van der Waals surface area (Å²) < 4.78 is 6.60. The number of ether oxygens (including phenoxy) is 1. The SMILES string of the molecule is COc1nnc(C=O)n1-c1ccc(C)cc1. The van der Waals surface area contributed by atoms with Crippen LogP contribution in [0.4, 0.5) is 0 Å². The molecule has 16 heavy (non-hydrogen) atoms. The Morgan fingerprint density at radius 1 is 1.25 bits per heavy atom. The lowest BCUT2D eigenvalue weighted by Crippen LogP contribution is -2.02. The average Bonchev–Trinajstić information content (AvgIpc) is 2.73. The third-order valence-electron chi connectivity index (χ3n) is 2.24. The Labute approximate surface area is 92.7 Å². The van der Waals surface area contributed by atoms with E-state index in [-0.39, 0.29) is 5.82 Å². The van der Waals surface area contributed by atoms with Crippen LogP contribution in [0.25, 0.3) is 5.69 Å². The number of aldehydes is 1. The second kappa shape index (κ2) is 4.14. The Hall–Kier alpha value is -2.17. The molecule has 0 unspecified atom stereocenters. The fraction of sp³-hybridized carbons (Fsp3) is 0.182. The summed E-state index contributed by atoms with van der Waals surface area (Å²) in [5.41, 5.74) is 1.94. The van der Waals surface area contributed by atoms with Crippen molar-refractivity contribution < 1.29 is 9.53 Å². The minimum atomic E-state index is 0.223. The highest BCUT2D eigenvalue weighted by Crippen LogP contribution is 2.17. The molecule has 5 nitrogen and oxygen atoms in total. The van der Waals surface area contributed by atoms with E-state index in [0.29, 0.717) is 12.3 Å². The van der Waals surface area contributed by atoms with E-state index >= 15 is 0 Å². The first-order valence-corrected chi connectivity index (χ1v) is 4.78. The quantitative estimate of drug-likeness (QED) is 0.729. The second-order valence-corrected chi connectivity index (χ2v) is 3.33. The van der Waals surface area contributed by atoms with Gasteiger partial charge in [0.1, 0.15) is 0 Å². The predicted molar refractivity (Wildman–Crippen MR) is 58.0 cm³/mol. The molecular formula is C11H11N3O2. The van der Waals surface area contributed by atoms with E-state index < -0.39 is 0 Å². The smallest absolute Gasteiger partial charge is 0.321 e. The molecule has 0 amide bonds. The lowest BCUT2D eigenvalue weighted by Gasteiger charge is -2.06. The van der Waals surface area contributed by atoms with Gasteiger partial charge in [0.05, 0.1) is 12.8 Å². The molecule has 1 heterocycles. The van der Waals surface area contributed by atoms with Crippen molar-refractivity contribution in [3.63, 3.8) is 0 Å².